The molecule has 0 unspecified atom stereocenters. The lowest BCUT2D eigenvalue weighted by Crippen LogP contribution is -1.97. The third-order valence-corrected chi connectivity index (χ3v) is 4.70. The Hall–Kier alpha value is -2.08. The van der Waals surface area contributed by atoms with Gasteiger partial charge in [-0.1, -0.05) is 80.1 Å². The van der Waals surface area contributed by atoms with Gasteiger partial charge >= 0.3 is 0 Å². The van der Waals surface area contributed by atoms with Crippen LogP contribution in [0.1, 0.15) is 49.3 Å². The van der Waals surface area contributed by atoms with Crippen LogP contribution in [0.2, 0.25) is 0 Å². The van der Waals surface area contributed by atoms with Gasteiger partial charge in [-0.25, -0.2) is 0 Å². The molecule has 0 spiro atoms. The predicted molar refractivity (Wildman–Crippen MR) is 100 cm³/mol. The van der Waals surface area contributed by atoms with E-state index in [1.54, 1.807) is 11.1 Å². The maximum Gasteiger partial charge on any atom is -0.00854 e. The van der Waals surface area contributed by atoms with Crippen molar-refractivity contribution in [3.63, 3.8) is 0 Å². The Kier molecular flexibility index (Phi) is 5.47. The molecule has 0 aliphatic heterocycles. The summed E-state index contributed by atoms with van der Waals surface area (Å²) in [4.78, 5) is 0. The van der Waals surface area contributed by atoms with Crippen LogP contribution in [0.15, 0.2) is 72.3 Å². The first-order chi connectivity index (χ1) is 11.4. The molecule has 0 bridgehead atoms. The molecule has 0 saturated carbocycles. The van der Waals surface area contributed by atoms with E-state index in [1.807, 2.05) is 0 Å². The number of unbranched alkanes of at least 4 members (excludes halogenated alkanes) is 1. The highest BCUT2D eigenvalue weighted by atomic mass is 14.2. The summed E-state index contributed by atoms with van der Waals surface area (Å²) in [7, 11) is 0. The van der Waals surface area contributed by atoms with Crippen molar-refractivity contribution in [2.24, 2.45) is 0 Å². The molecular formula is C23H26. The zero-order valence-corrected chi connectivity index (χ0v) is 14.1. The molecular weight excluding hydrogens is 276 g/mol. The first kappa shape index (κ1) is 15.8. The van der Waals surface area contributed by atoms with Gasteiger partial charge in [-0.05, 0) is 59.9 Å². The minimum absolute atomic E-state index is 1.10. The van der Waals surface area contributed by atoms with Gasteiger partial charge in [0.05, 0.1) is 0 Å². The highest BCUT2D eigenvalue weighted by Crippen LogP contribution is 2.33. The van der Waals surface area contributed by atoms with Crippen LogP contribution < -0.4 is 0 Å². The Bertz CT molecular complexity index is 689. The fraction of sp³-hybridized carbons (Fsp3) is 0.304. The van der Waals surface area contributed by atoms with Gasteiger partial charge in [0.2, 0.25) is 0 Å². The molecule has 0 N–H and O–H groups in total. The third-order valence-electron chi connectivity index (χ3n) is 4.70. The van der Waals surface area contributed by atoms with Crippen molar-refractivity contribution in [2.75, 3.05) is 0 Å². The van der Waals surface area contributed by atoms with Gasteiger partial charge in [-0.2, -0.15) is 0 Å². The minimum atomic E-state index is 1.10. The average Bonchev–Trinajstić information content (AvgIpc) is 3.07. The highest BCUT2D eigenvalue weighted by Gasteiger charge is 2.14. The van der Waals surface area contributed by atoms with Crippen molar-refractivity contribution in [2.45, 2.75) is 45.4 Å². The molecule has 3 rings (SSSR count). The lowest BCUT2D eigenvalue weighted by Gasteiger charge is -2.13. The normalized spacial score (nSPS) is 13.8. The lowest BCUT2D eigenvalue weighted by molar-refractivity contribution is 0.799. The van der Waals surface area contributed by atoms with E-state index in [4.69, 9.17) is 0 Å². The van der Waals surface area contributed by atoms with Gasteiger partial charge in [-0.3, -0.25) is 0 Å². The Morgan fingerprint density at radius 3 is 2.43 bits per heavy atom. The predicted octanol–water partition coefficient (Wildman–Crippen LogP) is 6.38. The molecule has 0 heteroatoms. The standard InChI is InChI=1S/C23H26/c1-2-3-12-20-14-9-16-23(20)22-15-8-7-13-21(22)18-17-19-10-5-4-6-11-19/h4-11,13-15H,2-3,12,16-18H2,1H3. The van der Waals surface area contributed by atoms with E-state index in [2.05, 4.69) is 73.7 Å². The topological polar surface area (TPSA) is 0 Å². The van der Waals surface area contributed by atoms with Crippen molar-refractivity contribution < 1.29 is 0 Å². The van der Waals surface area contributed by atoms with Gasteiger partial charge in [0.1, 0.15) is 0 Å². The Labute approximate surface area is 140 Å². The maximum atomic E-state index is 2.35. The van der Waals surface area contributed by atoms with Crippen LogP contribution in [0, 0.1) is 0 Å². The van der Waals surface area contributed by atoms with Crippen LogP contribution in [-0.4, -0.2) is 0 Å². The summed E-state index contributed by atoms with van der Waals surface area (Å²) in [6.07, 6.45) is 11.8. The number of allylic oxidation sites excluding steroid dienone is 4. The van der Waals surface area contributed by atoms with E-state index >= 15 is 0 Å². The van der Waals surface area contributed by atoms with Crippen molar-refractivity contribution >= 4 is 5.57 Å². The number of benzene rings is 2. The fourth-order valence-corrected chi connectivity index (χ4v) is 3.39. The van der Waals surface area contributed by atoms with E-state index in [0.717, 1.165) is 19.3 Å². The summed E-state index contributed by atoms with van der Waals surface area (Å²) in [5.41, 5.74) is 7.50. The van der Waals surface area contributed by atoms with Gasteiger partial charge in [0.25, 0.3) is 0 Å². The van der Waals surface area contributed by atoms with E-state index in [-0.39, 0.29) is 0 Å². The third kappa shape index (κ3) is 4.01. The highest BCUT2D eigenvalue weighted by molar-refractivity contribution is 5.76. The van der Waals surface area contributed by atoms with E-state index < -0.39 is 0 Å². The molecule has 0 fully saturated rings. The molecule has 0 atom stereocenters. The molecule has 0 nitrogen and oxygen atoms in total. The molecule has 0 saturated heterocycles. The molecule has 0 radical (unpaired) electrons. The van der Waals surface area contributed by atoms with Crippen molar-refractivity contribution in [3.8, 4) is 0 Å². The van der Waals surface area contributed by atoms with Crippen LogP contribution in [0.5, 0.6) is 0 Å². The fourth-order valence-electron chi connectivity index (χ4n) is 3.39. The van der Waals surface area contributed by atoms with Crippen LogP contribution in [-0.2, 0) is 12.8 Å². The van der Waals surface area contributed by atoms with Crippen LogP contribution >= 0.6 is 0 Å². The summed E-state index contributed by atoms with van der Waals surface area (Å²) >= 11 is 0. The first-order valence-corrected chi connectivity index (χ1v) is 8.89. The number of aryl methyl sites for hydroxylation is 2. The monoisotopic (exact) mass is 302 g/mol. The second-order valence-corrected chi connectivity index (χ2v) is 6.36. The van der Waals surface area contributed by atoms with E-state index in [9.17, 15) is 0 Å². The van der Waals surface area contributed by atoms with Gasteiger partial charge < -0.3 is 0 Å². The lowest BCUT2D eigenvalue weighted by atomic mass is 9.91. The summed E-state index contributed by atoms with van der Waals surface area (Å²) in [5, 5.41) is 0. The molecule has 2 aromatic rings. The van der Waals surface area contributed by atoms with Crippen LogP contribution in [0.3, 0.4) is 0 Å². The van der Waals surface area contributed by atoms with Crippen LogP contribution in [0.25, 0.3) is 5.57 Å². The van der Waals surface area contributed by atoms with Crippen LogP contribution in [0.4, 0.5) is 0 Å². The first-order valence-electron chi connectivity index (χ1n) is 8.89. The zero-order valence-electron chi connectivity index (χ0n) is 14.1. The summed E-state index contributed by atoms with van der Waals surface area (Å²) < 4.78 is 0. The molecule has 1 aliphatic rings. The molecule has 1 aliphatic carbocycles. The van der Waals surface area contributed by atoms with E-state index in [1.165, 1.54) is 36.0 Å². The van der Waals surface area contributed by atoms with E-state index in [0.29, 0.717) is 0 Å². The van der Waals surface area contributed by atoms with Gasteiger partial charge in [0, 0.05) is 0 Å². The van der Waals surface area contributed by atoms with Crippen molar-refractivity contribution in [1.29, 1.82) is 0 Å². The molecule has 0 aromatic heterocycles. The minimum Gasteiger partial charge on any atom is -0.0798 e. The molecule has 0 heterocycles. The molecule has 23 heavy (non-hydrogen) atoms. The molecule has 0 amide bonds. The smallest absolute Gasteiger partial charge is 0.00854 e. The Morgan fingerprint density at radius 1 is 0.826 bits per heavy atom. The number of hydrogen-bond donors (Lipinski definition) is 0. The Morgan fingerprint density at radius 2 is 1.61 bits per heavy atom. The second kappa shape index (κ2) is 7.97. The summed E-state index contributed by atoms with van der Waals surface area (Å²) in [6, 6.07) is 19.8. The van der Waals surface area contributed by atoms with Crippen molar-refractivity contribution in [1.82, 2.24) is 0 Å². The zero-order chi connectivity index (χ0) is 15.9. The number of hydrogen-bond acceptors (Lipinski definition) is 0. The number of rotatable bonds is 7. The quantitative estimate of drug-likeness (QED) is 0.557. The summed E-state index contributed by atoms with van der Waals surface area (Å²) in [6.45, 7) is 2.27. The largest absolute Gasteiger partial charge is 0.0798 e. The molecule has 2 aromatic carbocycles. The second-order valence-electron chi connectivity index (χ2n) is 6.36. The Balaban J connectivity index is 1.80. The van der Waals surface area contributed by atoms with Gasteiger partial charge in [0.15, 0.2) is 0 Å². The summed E-state index contributed by atoms with van der Waals surface area (Å²) in [5.74, 6) is 0. The molecule has 118 valence electrons. The SMILES string of the molecule is CCCCC1=C(c2ccccc2CCc2ccccc2)CC=C1. The van der Waals surface area contributed by atoms with Gasteiger partial charge in [-0.15, -0.1) is 0 Å². The maximum absolute atomic E-state index is 2.35. The average molecular weight is 302 g/mol. The van der Waals surface area contributed by atoms with Crippen molar-refractivity contribution in [3.05, 3.63) is 89.0 Å².